The minimum atomic E-state index is -0.374. The summed E-state index contributed by atoms with van der Waals surface area (Å²) in [6.07, 6.45) is 0. The molecular weight excluding hydrogens is 360 g/mol. The van der Waals surface area contributed by atoms with Crippen LogP contribution < -0.4 is 5.56 Å². The van der Waals surface area contributed by atoms with Crippen molar-refractivity contribution in [2.75, 3.05) is 13.7 Å². The molecular formula is C21H22N2O3S. The highest BCUT2D eigenvalue weighted by Crippen LogP contribution is 2.27. The van der Waals surface area contributed by atoms with Gasteiger partial charge in [0.1, 0.15) is 0 Å². The normalized spacial score (nSPS) is 13.4. The summed E-state index contributed by atoms with van der Waals surface area (Å²) in [6, 6.07) is 16.2. The van der Waals surface area contributed by atoms with E-state index in [0.29, 0.717) is 28.2 Å². The number of hydrogen-bond acceptors (Lipinski definition) is 5. The quantitative estimate of drug-likeness (QED) is 0.352. The Bertz CT molecular complexity index is 1000. The third kappa shape index (κ3) is 4.12. The summed E-state index contributed by atoms with van der Waals surface area (Å²) in [5.41, 5.74) is 1.16. The van der Waals surface area contributed by atoms with E-state index in [2.05, 4.69) is 4.98 Å². The Morgan fingerprint density at radius 1 is 1.11 bits per heavy atom. The van der Waals surface area contributed by atoms with Gasteiger partial charge in [-0.3, -0.25) is 14.2 Å². The van der Waals surface area contributed by atoms with E-state index < -0.39 is 0 Å². The number of methoxy groups -OCH3 is 1. The third-order valence-corrected chi connectivity index (χ3v) is 5.40. The summed E-state index contributed by atoms with van der Waals surface area (Å²) >= 11 is 1.30. The van der Waals surface area contributed by atoms with Crippen LogP contribution in [0.15, 0.2) is 64.5 Å². The summed E-state index contributed by atoms with van der Waals surface area (Å²) in [6.45, 7) is 4.14. The van der Waals surface area contributed by atoms with Crippen LogP contribution in [-0.2, 0) is 4.74 Å². The van der Waals surface area contributed by atoms with Gasteiger partial charge in [-0.15, -0.1) is 0 Å². The van der Waals surface area contributed by atoms with Gasteiger partial charge in [0, 0.05) is 12.7 Å². The molecule has 0 aliphatic heterocycles. The second-order valence-corrected chi connectivity index (χ2v) is 7.69. The van der Waals surface area contributed by atoms with Gasteiger partial charge in [0.2, 0.25) is 0 Å². The number of rotatable bonds is 7. The van der Waals surface area contributed by atoms with Crippen molar-refractivity contribution in [1.82, 2.24) is 9.55 Å². The molecule has 0 saturated heterocycles. The van der Waals surface area contributed by atoms with E-state index in [1.54, 1.807) is 29.9 Å². The topological polar surface area (TPSA) is 61.2 Å². The monoisotopic (exact) mass is 382 g/mol. The zero-order valence-electron chi connectivity index (χ0n) is 15.6. The van der Waals surface area contributed by atoms with Gasteiger partial charge in [-0.25, -0.2) is 4.98 Å². The molecule has 2 aromatic carbocycles. The average molecular weight is 382 g/mol. The van der Waals surface area contributed by atoms with Crippen LogP contribution in [0, 0.1) is 0 Å². The maximum Gasteiger partial charge on any atom is 0.262 e. The van der Waals surface area contributed by atoms with Crippen LogP contribution in [0.25, 0.3) is 10.9 Å². The van der Waals surface area contributed by atoms with Crippen molar-refractivity contribution >= 4 is 28.4 Å². The highest BCUT2D eigenvalue weighted by Gasteiger charge is 2.22. The molecule has 0 fully saturated rings. The van der Waals surface area contributed by atoms with Crippen LogP contribution in [-0.4, -0.2) is 34.3 Å². The number of thioether (sulfide) groups is 1. The van der Waals surface area contributed by atoms with E-state index in [9.17, 15) is 9.59 Å². The first-order chi connectivity index (χ1) is 13.0. The lowest BCUT2D eigenvalue weighted by atomic mass is 10.1. The molecule has 0 N–H and O–H groups in total. The second kappa shape index (κ2) is 8.50. The van der Waals surface area contributed by atoms with E-state index in [4.69, 9.17) is 4.74 Å². The van der Waals surface area contributed by atoms with Gasteiger partial charge in [-0.1, -0.05) is 54.2 Å². The fraction of sp³-hybridized carbons (Fsp3) is 0.286. The number of Topliss-reactive ketones (excluding diaryl/α,β-unsaturated/α-hetero) is 1. The van der Waals surface area contributed by atoms with Gasteiger partial charge in [0.05, 0.1) is 28.8 Å². The molecule has 0 aliphatic carbocycles. The lowest BCUT2D eigenvalue weighted by Gasteiger charge is -2.20. The fourth-order valence-electron chi connectivity index (χ4n) is 2.96. The Hall–Kier alpha value is -2.44. The number of para-hydroxylation sites is 1. The maximum atomic E-state index is 13.1. The largest absolute Gasteiger partial charge is 0.383 e. The third-order valence-electron chi connectivity index (χ3n) is 4.33. The number of ketones is 1. The SMILES string of the molecule is COC[C@H](C)n1c(S[C@@H](C)C(=O)c2ccccc2)nc2ccccc2c1=O. The van der Waals surface area contributed by atoms with Crippen molar-refractivity contribution in [1.29, 1.82) is 0 Å². The number of ether oxygens (including phenoxy) is 1. The molecule has 3 rings (SSSR count). The number of fused-ring (bicyclic) bond motifs is 1. The highest BCUT2D eigenvalue weighted by atomic mass is 32.2. The van der Waals surface area contributed by atoms with Crippen LogP contribution in [0.1, 0.15) is 30.2 Å². The number of aromatic nitrogens is 2. The number of hydrogen-bond donors (Lipinski definition) is 0. The van der Waals surface area contributed by atoms with Crippen LogP contribution in [0.5, 0.6) is 0 Å². The molecule has 0 spiro atoms. The minimum Gasteiger partial charge on any atom is -0.383 e. The number of benzene rings is 2. The molecule has 1 heterocycles. The zero-order valence-corrected chi connectivity index (χ0v) is 16.4. The standard InChI is InChI=1S/C21H22N2O3S/c1-14(13-26-3)23-20(25)17-11-7-8-12-18(17)22-21(23)27-15(2)19(24)16-9-5-4-6-10-16/h4-12,14-15H,13H2,1-3H3/t14-,15-/m0/s1. The van der Waals surface area contributed by atoms with Gasteiger partial charge in [0.25, 0.3) is 5.56 Å². The Morgan fingerprint density at radius 2 is 1.78 bits per heavy atom. The van der Waals surface area contributed by atoms with Crippen molar-refractivity contribution in [3.8, 4) is 0 Å². The Labute approximate surface area is 162 Å². The first kappa shape index (κ1) is 19.3. The van der Waals surface area contributed by atoms with E-state index in [0.717, 1.165) is 0 Å². The number of carbonyl (C=O) groups excluding carboxylic acids is 1. The smallest absolute Gasteiger partial charge is 0.262 e. The summed E-state index contributed by atoms with van der Waals surface area (Å²) in [5, 5.41) is 0.716. The van der Waals surface area contributed by atoms with Gasteiger partial charge in [-0.05, 0) is 26.0 Å². The predicted octanol–water partition coefficient (Wildman–Crippen LogP) is 3.97. The molecule has 0 unspecified atom stereocenters. The van der Waals surface area contributed by atoms with Crippen molar-refractivity contribution < 1.29 is 9.53 Å². The first-order valence-electron chi connectivity index (χ1n) is 8.79. The van der Waals surface area contributed by atoms with Gasteiger partial charge < -0.3 is 4.74 Å². The molecule has 0 amide bonds. The van der Waals surface area contributed by atoms with Crippen molar-refractivity contribution in [3.05, 3.63) is 70.5 Å². The fourth-order valence-corrected chi connectivity index (χ4v) is 4.05. The Morgan fingerprint density at radius 3 is 2.48 bits per heavy atom. The predicted molar refractivity (Wildman–Crippen MR) is 109 cm³/mol. The van der Waals surface area contributed by atoms with Gasteiger partial charge in [-0.2, -0.15) is 0 Å². The van der Waals surface area contributed by atoms with E-state index in [1.807, 2.05) is 50.2 Å². The molecule has 1 aromatic heterocycles. The minimum absolute atomic E-state index is 0.00829. The molecule has 0 radical (unpaired) electrons. The second-order valence-electron chi connectivity index (χ2n) is 6.38. The van der Waals surface area contributed by atoms with Crippen LogP contribution in [0.4, 0.5) is 0 Å². The first-order valence-corrected chi connectivity index (χ1v) is 9.67. The summed E-state index contributed by atoms with van der Waals surface area (Å²) in [5.74, 6) is 0.00829. The van der Waals surface area contributed by atoms with Crippen molar-refractivity contribution in [2.45, 2.75) is 30.3 Å². The summed E-state index contributed by atoms with van der Waals surface area (Å²) in [7, 11) is 1.60. The zero-order chi connectivity index (χ0) is 19.4. The molecule has 6 heteroatoms. The average Bonchev–Trinajstić information content (AvgIpc) is 2.68. The van der Waals surface area contributed by atoms with Crippen LogP contribution in [0.2, 0.25) is 0 Å². The van der Waals surface area contributed by atoms with Crippen molar-refractivity contribution in [2.24, 2.45) is 0 Å². The van der Waals surface area contributed by atoms with Crippen LogP contribution >= 0.6 is 11.8 Å². The lowest BCUT2D eigenvalue weighted by Crippen LogP contribution is -2.29. The molecule has 3 aromatic rings. The molecule has 0 bridgehead atoms. The number of carbonyl (C=O) groups is 1. The summed E-state index contributed by atoms with van der Waals surface area (Å²) < 4.78 is 6.87. The Kier molecular flexibility index (Phi) is 6.08. The van der Waals surface area contributed by atoms with Crippen LogP contribution in [0.3, 0.4) is 0 Å². The van der Waals surface area contributed by atoms with Crippen molar-refractivity contribution in [3.63, 3.8) is 0 Å². The highest BCUT2D eigenvalue weighted by molar-refractivity contribution is 8.00. The molecule has 140 valence electrons. The molecule has 2 atom stereocenters. The van der Waals surface area contributed by atoms with Gasteiger partial charge in [0.15, 0.2) is 10.9 Å². The lowest BCUT2D eigenvalue weighted by molar-refractivity contribution is 0.0993. The maximum absolute atomic E-state index is 13.1. The number of nitrogens with zero attached hydrogens (tertiary/aromatic N) is 2. The Balaban J connectivity index is 2.03. The van der Waals surface area contributed by atoms with Gasteiger partial charge >= 0.3 is 0 Å². The molecule has 0 saturated carbocycles. The molecule has 5 nitrogen and oxygen atoms in total. The van der Waals surface area contributed by atoms with E-state index in [-0.39, 0.29) is 22.6 Å². The van der Waals surface area contributed by atoms with E-state index >= 15 is 0 Å². The molecule has 27 heavy (non-hydrogen) atoms. The summed E-state index contributed by atoms with van der Waals surface area (Å²) in [4.78, 5) is 30.5. The molecule has 0 aliphatic rings. The van der Waals surface area contributed by atoms with E-state index in [1.165, 1.54) is 11.8 Å².